The van der Waals surface area contributed by atoms with Crippen LogP contribution in [0.3, 0.4) is 0 Å². The Hall–Kier alpha value is -3.02. The number of para-hydroxylation sites is 1. The normalized spacial score (nSPS) is 10.5. The highest BCUT2D eigenvalue weighted by Crippen LogP contribution is 2.35. The highest BCUT2D eigenvalue weighted by molar-refractivity contribution is 5.95. The number of hydrogen-bond donors (Lipinski definition) is 0. The average molecular weight is 281 g/mol. The summed E-state index contributed by atoms with van der Waals surface area (Å²) in [6.45, 7) is 1.83. The summed E-state index contributed by atoms with van der Waals surface area (Å²) in [7, 11) is 0. The van der Waals surface area contributed by atoms with Gasteiger partial charge < -0.3 is 4.74 Å². The van der Waals surface area contributed by atoms with Crippen molar-refractivity contribution in [2.45, 2.75) is 6.92 Å². The zero-order valence-corrected chi connectivity index (χ0v) is 11.2. The fraction of sp³-hybridized carbons (Fsp3) is 0.0667. The molecular weight excluding hydrogens is 270 g/mol. The van der Waals surface area contributed by atoms with Gasteiger partial charge in [-0.25, -0.2) is 0 Å². The lowest BCUT2D eigenvalue weighted by Crippen LogP contribution is -1.97. The molecule has 0 aliphatic carbocycles. The van der Waals surface area contributed by atoms with Crippen LogP contribution < -0.4 is 4.74 Å². The van der Waals surface area contributed by atoms with Crippen LogP contribution in [0.25, 0.3) is 10.9 Å². The van der Waals surface area contributed by atoms with Gasteiger partial charge in [0.2, 0.25) is 0 Å². The molecule has 3 aromatic rings. The summed E-state index contributed by atoms with van der Waals surface area (Å²) in [6, 6.07) is 12.2. The van der Waals surface area contributed by atoms with Crippen molar-refractivity contribution in [3.8, 4) is 11.5 Å². The van der Waals surface area contributed by atoms with Crippen molar-refractivity contribution >= 4 is 16.6 Å². The molecule has 0 fully saturated rings. The molecule has 0 radical (unpaired) electrons. The molecule has 6 heteroatoms. The highest BCUT2D eigenvalue weighted by atomic mass is 16.6. The SMILES string of the molecule is Cc1ccc([N+](=O)[O-])c2c(Oc3ccccc3)cnnc12. The standard InChI is InChI=1S/C15H11N3O3/c1-10-7-8-12(18(19)20)14-13(9-16-17-15(10)14)21-11-5-3-2-4-6-11/h2-9H,1H3. The molecule has 3 rings (SSSR count). The van der Waals surface area contributed by atoms with Gasteiger partial charge in [-0.2, -0.15) is 5.10 Å². The first-order valence-electron chi connectivity index (χ1n) is 6.29. The Morgan fingerprint density at radius 1 is 1.14 bits per heavy atom. The summed E-state index contributed by atoms with van der Waals surface area (Å²) in [5.74, 6) is 0.907. The molecule has 0 saturated heterocycles. The zero-order chi connectivity index (χ0) is 14.8. The van der Waals surface area contributed by atoms with Crippen molar-refractivity contribution in [1.29, 1.82) is 0 Å². The summed E-state index contributed by atoms with van der Waals surface area (Å²) in [6.07, 6.45) is 1.39. The van der Waals surface area contributed by atoms with E-state index in [-0.39, 0.29) is 5.69 Å². The lowest BCUT2D eigenvalue weighted by atomic mass is 10.1. The summed E-state index contributed by atoms with van der Waals surface area (Å²) in [5.41, 5.74) is 1.23. The van der Waals surface area contributed by atoms with Crippen LogP contribution in [-0.4, -0.2) is 15.1 Å². The van der Waals surface area contributed by atoms with Gasteiger partial charge in [-0.05, 0) is 24.6 Å². The maximum atomic E-state index is 11.2. The van der Waals surface area contributed by atoms with Crippen molar-refractivity contribution in [3.05, 3.63) is 64.3 Å². The number of ether oxygens (including phenoxy) is 1. The number of fused-ring (bicyclic) bond motifs is 1. The maximum absolute atomic E-state index is 11.2. The molecule has 0 unspecified atom stereocenters. The first-order valence-corrected chi connectivity index (χ1v) is 6.29. The van der Waals surface area contributed by atoms with Gasteiger partial charge in [-0.15, -0.1) is 5.10 Å². The van der Waals surface area contributed by atoms with E-state index in [2.05, 4.69) is 10.2 Å². The summed E-state index contributed by atoms with van der Waals surface area (Å²) in [4.78, 5) is 10.8. The van der Waals surface area contributed by atoms with E-state index >= 15 is 0 Å². The lowest BCUT2D eigenvalue weighted by molar-refractivity contribution is -0.383. The third-order valence-corrected chi connectivity index (χ3v) is 3.10. The minimum absolute atomic E-state index is 0.0450. The predicted octanol–water partition coefficient (Wildman–Crippen LogP) is 3.64. The number of nitro groups is 1. The summed E-state index contributed by atoms with van der Waals surface area (Å²) in [5, 5.41) is 19.5. The molecule has 2 aromatic carbocycles. The fourth-order valence-corrected chi connectivity index (χ4v) is 2.11. The van der Waals surface area contributed by atoms with Crippen LogP contribution in [0.2, 0.25) is 0 Å². The van der Waals surface area contributed by atoms with E-state index in [1.165, 1.54) is 12.3 Å². The second-order valence-electron chi connectivity index (χ2n) is 4.51. The Bertz CT molecular complexity index is 819. The van der Waals surface area contributed by atoms with Gasteiger partial charge in [-0.1, -0.05) is 24.3 Å². The average Bonchev–Trinajstić information content (AvgIpc) is 2.49. The molecule has 0 aliphatic rings. The second-order valence-corrected chi connectivity index (χ2v) is 4.51. The summed E-state index contributed by atoms with van der Waals surface area (Å²) >= 11 is 0. The van der Waals surface area contributed by atoms with Gasteiger partial charge in [0, 0.05) is 6.07 Å². The molecule has 21 heavy (non-hydrogen) atoms. The number of benzene rings is 2. The van der Waals surface area contributed by atoms with Crippen LogP contribution in [0.15, 0.2) is 48.7 Å². The van der Waals surface area contributed by atoms with Gasteiger partial charge in [0.25, 0.3) is 5.69 Å². The van der Waals surface area contributed by atoms with Crippen LogP contribution in [0, 0.1) is 17.0 Å². The molecule has 0 saturated carbocycles. The van der Waals surface area contributed by atoms with E-state index in [0.29, 0.717) is 22.4 Å². The molecule has 0 bridgehead atoms. The molecule has 6 nitrogen and oxygen atoms in total. The Morgan fingerprint density at radius 2 is 1.90 bits per heavy atom. The number of aryl methyl sites for hydroxylation is 1. The molecule has 0 aliphatic heterocycles. The zero-order valence-electron chi connectivity index (χ0n) is 11.2. The van der Waals surface area contributed by atoms with Gasteiger partial charge in [0.15, 0.2) is 5.75 Å². The van der Waals surface area contributed by atoms with E-state index in [1.54, 1.807) is 18.2 Å². The molecule has 0 spiro atoms. The number of hydrogen-bond acceptors (Lipinski definition) is 5. The van der Waals surface area contributed by atoms with Crippen LogP contribution in [0.4, 0.5) is 5.69 Å². The topological polar surface area (TPSA) is 78.2 Å². The van der Waals surface area contributed by atoms with Gasteiger partial charge in [-0.3, -0.25) is 10.1 Å². The second kappa shape index (κ2) is 5.16. The first kappa shape index (κ1) is 13.0. The van der Waals surface area contributed by atoms with Gasteiger partial charge in [0.1, 0.15) is 16.7 Å². The summed E-state index contributed by atoms with van der Waals surface area (Å²) < 4.78 is 5.73. The third-order valence-electron chi connectivity index (χ3n) is 3.10. The number of nitro benzene ring substituents is 1. The Labute approximate surface area is 120 Å². The Kier molecular flexibility index (Phi) is 3.19. The Balaban J connectivity index is 2.23. The van der Waals surface area contributed by atoms with E-state index in [0.717, 1.165) is 5.56 Å². The van der Waals surface area contributed by atoms with E-state index < -0.39 is 4.92 Å². The molecule has 0 atom stereocenters. The van der Waals surface area contributed by atoms with E-state index in [4.69, 9.17) is 4.74 Å². The van der Waals surface area contributed by atoms with Crippen LogP contribution in [-0.2, 0) is 0 Å². The Morgan fingerprint density at radius 3 is 2.62 bits per heavy atom. The van der Waals surface area contributed by atoms with Crippen LogP contribution in [0.5, 0.6) is 11.5 Å². The predicted molar refractivity (Wildman–Crippen MR) is 77.4 cm³/mol. The van der Waals surface area contributed by atoms with Crippen molar-refractivity contribution in [2.24, 2.45) is 0 Å². The quantitative estimate of drug-likeness (QED) is 0.541. The lowest BCUT2D eigenvalue weighted by Gasteiger charge is -2.09. The van der Waals surface area contributed by atoms with Crippen LogP contribution >= 0.6 is 0 Å². The molecule has 1 heterocycles. The minimum Gasteiger partial charge on any atom is -0.455 e. The highest BCUT2D eigenvalue weighted by Gasteiger charge is 2.19. The van der Waals surface area contributed by atoms with Crippen molar-refractivity contribution in [3.63, 3.8) is 0 Å². The smallest absolute Gasteiger partial charge is 0.282 e. The minimum atomic E-state index is -0.443. The number of non-ortho nitro benzene ring substituents is 1. The maximum Gasteiger partial charge on any atom is 0.282 e. The van der Waals surface area contributed by atoms with Crippen LogP contribution in [0.1, 0.15) is 5.56 Å². The molecule has 1 aromatic heterocycles. The van der Waals surface area contributed by atoms with Crippen molar-refractivity contribution < 1.29 is 9.66 Å². The number of nitrogens with zero attached hydrogens (tertiary/aromatic N) is 3. The molecular formula is C15H11N3O3. The molecule has 0 N–H and O–H groups in total. The fourth-order valence-electron chi connectivity index (χ4n) is 2.11. The first-order chi connectivity index (χ1) is 10.2. The molecule has 0 amide bonds. The number of rotatable bonds is 3. The van der Waals surface area contributed by atoms with Crippen molar-refractivity contribution in [2.75, 3.05) is 0 Å². The number of aromatic nitrogens is 2. The monoisotopic (exact) mass is 281 g/mol. The van der Waals surface area contributed by atoms with E-state index in [1.807, 2.05) is 25.1 Å². The van der Waals surface area contributed by atoms with Gasteiger partial charge >= 0.3 is 0 Å². The third kappa shape index (κ3) is 2.38. The van der Waals surface area contributed by atoms with Crippen molar-refractivity contribution in [1.82, 2.24) is 10.2 Å². The van der Waals surface area contributed by atoms with E-state index in [9.17, 15) is 10.1 Å². The van der Waals surface area contributed by atoms with Gasteiger partial charge in [0.05, 0.1) is 11.1 Å². The largest absolute Gasteiger partial charge is 0.455 e. The molecule has 104 valence electrons.